The Morgan fingerprint density at radius 2 is 1.84 bits per heavy atom. The van der Waals surface area contributed by atoms with E-state index < -0.39 is 0 Å². The molecule has 0 amide bonds. The van der Waals surface area contributed by atoms with Crippen molar-refractivity contribution in [1.82, 2.24) is 15.0 Å². The van der Waals surface area contributed by atoms with Crippen LogP contribution in [0.2, 0.25) is 5.28 Å². The number of nitrogens with two attached hydrogens (primary N) is 1. The van der Waals surface area contributed by atoms with E-state index in [1.54, 1.807) is 0 Å². The maximum Gasteiger partial charge on any atom is 0.322 e. The van der Waals surface area contributed by atoms with Gasteiger partial charge in [-0.25, -0.2) is 0 Å². The van der Waals surface area contributed by atoms with Crippen molar-refractivity contribution in [3.63, 3.8) is 0 Å². The van der Waals surface area contributed by atoms with Crippen molar-refractivity contribution in [1.29, 1.82) is 0 Å². The third-order valence-corrected chi connectivity index (χ3v) is 2.65. The van der Waals surface area contributed by atoms with Gasteiger partial charge in [0.15, 0.2) is 0 Å². The number of hydrogen-bond acceptors (Lipinski definition) is 6. The van der Waals surface area contributed by atoms with E-state index in [-0.39, 0.29) is 11.3 Å². The van der Waals surface area contributed by atoms with E-state index in [4.69, 9.17) is 22.1 Å². The molecule has 0 aliphatic carbocycles. The number of anilines is 1. The van der Waals surface area contributed by atoms with Crippen LogP contribution >= 0.6 is 11.6 Å². The molecule has 0 spiro atoms. The van der Waals surface area contributed by atoms with Crippen molar-refractivity contribution in [3.8, 4) is 6.01 Å². The van der Waals surface area contributed by atoms with Crippen molar-refractivity contribution in [2.45, 2.75) is 13.1 Å². The first-order valence-electron chi connectivity index (χ1n) is 5.68. The number of aromatic nitrogens is 3. The van der Waals surface area contributed by atoms with E-state index in [0.29, 0.717) is 19.0 Å². The molecule has 2 aromatic rings. The van der Waals surface area contributed by atoms with Crippen LogP contribution in [0.5, 0.6) is 6.01 Å². The summed E-state index contributed by atoms with van der Waals surface area (Å²) >= 11 is 5.75. The molecular weight excluding hydrogens is 266 g/mol. The standard InChI is InChI=1S/C12H14ClN5O/c1-19-12-17-10(13)16-11(18-12)15-7-9-4-2-8(6-14)3-5-9/h2-5H,6-7,14H2,1H3,(H,15,16,17,18). The number of hydrogen-bond donors (Lipinski definition) is 2. The van der Waals surface area contributed by atoms with Gasteiger partial charge in [-0.1, -0.05) is 24.3 Å². The summed E-state index contributed by atoms with van der Waals surface area (Å²) in [5, 5.41) is 3.15. The summed E-state index contributed by atoms with van der Waals surface area (Å²) in [7, 11) is 1.47. The van der Waals surface area contributed by atoms with Gasteiger partial charge >= 0.3 is 6.01 Å². The third kappa shape index (κ3) is 3.77. The highest BCUT2D eigenvalue weighted by Crippen LogP contribution is 2.12. The molecule has 1 aromatic heterocycles. The number of ether oxygens (including phenoxy) is 1. The minimum atomic E-state index is 0.0906. The summed E-state index contributed by atoms with van der Waals surface area (Å²) in [6.45, 7) is 1.11. The van der Waals surface area contributed by atoms with Gasteiger partial charge in [0.2, 0.25) is 11.2 Å². The van der Waals surface area contributed by atoms with Gasteiger partial charge in [-0.2, -0.15) is 15.0 Å². The van der Waals surface area contributed by atoms with Crippen LogP contribution in [-0.2, 0) is 13.1 Å². The van der Waals surface area contributed by atoms with Gasteiger partial charge in [0.25, 0.3) is 0 Å². The first-order chi connectivity index (χ1) is 9.21. The molecule has 0 unspecified atom stereocenters. The molecule has 6 nitrogen and oxygen atoms in total. The Morgan fingerprint density at radius 1 is 1.16 bits per heavy atom. The highest BCUT2D eigenvalue weighted by Gasteiger charge is 2.04. The highest BCUT2D eigenvalue weighted by atomic mass is 35.5. The molecule has 0 radical (unpaired) electrons. The Labute approximate surface area is 116 Å². The first kappa shape index (κ1) is 13.5. The van der Waals surface area contributed by atoms with Crippen LogP contribution in [-0.4, -0.2) is 22.1 Å². The Morgan fingerprint density at radius 3 is 2.47 bits per heavy atom. The van der Waals surface area contributed by atoms with Gasteiger partial charge in [0, 0.05) is 13.1 Å². The van der Waals surface area contributed by atoms with Crippen molar-refractivity contribution in [3.05, 3.63) is 40.7 Å². The molecule has 0 saturated carbocycles. The van der Waals surface area contributed by atoms with Gasteiger partial charge in [-0.3, -0.25) is 0 Å². The molecule has 2 rings (SSSR count). The van der Waals surface area contributed by atoms with Crippen molar-refractivity contribution < 1.29 is 4.74 Å². The lowest BCUT2D eigenvalue weighted by Gasteiger charge is -2.06. The van der Waals surface area contributed by atoms with Crippen LogP contribution < -0.4 is 15.8 Å². The number of benzene rings is 1. The monoisotopic (exact) mass is 279 g/mol. The molecular formula is C12H14ClN5O. The number of methoxy groups -OCH3 is 1. The molecule has 1 aromatic carbocycles. The van der Waals surface area contributed by atoms with E-state index in [0.717, 1.165) is 11.1 Å². The topological polar surface area (TPSA) is 86.0 Å². The summed E-state index contributed by atoms with van der Waals surface area (Å²) in [6, 6.07) is 8.14. The van der Waals surface area contributed by atoms with E-state index in [1.807, 2.05) is 24.3 Å². The molecule has 1 heterocycles. The second-order valence-corrected chi connectivity index (χ2v) is 4.13. The normalized spacial score (nSPS) is 10.3. The Bertz CT molecular complexity index is 546. The van der Waals surface area contributed by atoms with E-state index in [9.17, 15) is 0 Å². The van der Waals surface area contributed by atoms with Gasteiger partial charge in [-0.15, -0.1) is 0 Å². The van der Waals surface area contributed by atoms with Crippen LogP contribution in [0.15, 0.2) is 24.3 Å². The van der Waals surface area contributed by atoms with Gasteiger partial charge in [0.05, 0.1) is 7.11 Å². The maximum absolute atomic E-state index is 5.75. The smallest absolute Gasteiger partial charge is 0.322 e. The molecule has 3 N–H and O–H groups in total. The minimum Gasteiger partial charge on any atom is -0.467 e. The van der Waals surface area contributed by atoms with Gasteiger partial charge in [0.1, 0.15) is 0 Å². The average molecular weight is 280 g/mol. The predicted molar refractivity (Wildman–Crippen MR) is 73.0 cm³/mol. The fourth-order valence-corrected chi connectivity index (χ4v) is 1.63. The lowest BCUT2D eigenvalue weighted by Crippen LogP contribution is -2.06. The number of nitrogens with one attached hydrogen (secondary N) is 1. The lowest BCUT2D eigenvalue weighted by molar-refractivity contribution is 0.379. The Balaban J connectivity index is 2.03. The first-order valence-corrected chi connectivity index (χ1v) is 6.06. The number of halogens is 1. The second-order valence-electron chi connectivity index (χ2n) is 3.79. The zero-order chi connectivity index (χ0) is 13.7. The van der Waals surface area contributed by atoms with E-state index in [1.165, 1.54) is 7.11 Å². The largest absolute Gasteiger partial charge is 0.467 e. The predicted octanol–water partition coefficient (Wildman–Crippen LogP) is 1.60. The van der Waals surface area contributed by atoms with Crippen LogP contribution in [0.25, 0.3) is 0 Å². The molecule has 100 valence electrons. The maximum atomic E-state index is 5.75. The number of nitrogens with zero attached hydrogens (tertiary/aromatic N) is 3. The van der Waals surface area contributed by atoms with E-state index >= 15 is 0 Å². The number of rotatable bonds is 5. The molecule has 7 heteroatoms. The summed E-state index contributed by atoms with van der Waals surface area (Å²) in [5.41, 5.74) is 7.72. The van der Waals surface area contributed by atoms with Crippen molar-refractivity contribution in [2.24, 2.45) is 5.73 Å². The zero-order valence-corrected chi connectivity index (χ0v) is 11.2. The van der Waals surface area contributed by atoms with Crippen molar-refractivity contribution >= 4 is 17.5 Å². The van der Waals surface area contributed by atoms with Crippen LogP contribution in [0, 0.1) is 0 Å². The molecule has 0 saturated heterocycles. The minimum absolute atomic E-state index is 0.0906. The van der Waals surface area contributed by atoms with Crippen LogP contribution in [0.4, 0.5) is 5.95 Å². The third-order valence-electron chi connectivity index (χ3n) is 2.48. The Hall–Kier alpha value is -1.92. The summed E-state index contributed by atoms with van der Waals surface area (Å²) in [5.74, 6) is 0.375. The molecule has 0 fully saturated rings. The highest BCUT2D eigenvalue weighted by molar-refractivity contribution is 6.28. The van der Waals surface area contributed by atoms with E-state index in [2.05, 4.69) is 20.3 Å². The molecule has 0 aliphatic heterocycles. The Kier molecular flexibility index (Phi) is 4.48. The van der Waals surface area contributed by atoms with Crippen LogP contribution in [0.3, 0.4) is 0 Å². The fraction of sp³-hybridized carbons (Fsp3) is 0.250. The zero-order valence-electron chi connectivity index (χ0n) is 10.4. The lowest BCUT2D eigenvalue weighted by atomic mass is 10.1. The van der Waals surface area contributed by atoms with Crippen molar-refractivity contribution in [2.75, 3.05) is 12.4 Å². The van der Waals surface area contributed by atoms with Gasteiger partial charge < -0.3 is 15.8 Å². The fourth-order valence-electron chi connectivity index (χ4n) is 1.48. The molecule has 19 heavy (non-hydrogen) atoms. The van der Waals surface area contributed by atoms with Crippen LogP contribution in [0.1, 0.15) is 11.1 Å². The molecule has 0 atom stereocenters. The quantitative estimate of drug-likeness (QED) is 0.865. The summed E-state index contributed by atoms with van der Waals surface area (Å²) < 4.78 is 4.92. The average Bonchev–Trinajstić information content (AvgIpc) is 2.45. The van der Waals surface area contributed by atoms with Gasteiger partial charge in [-0.05, 0) is 22.7 Å². The second kappa shape index (κ2) is 6.31. The molecule has 0 bridgehead atoms. The summed E-state index contributed by atoms with van der Waals surface area (Å²) in [4.78, 5) is 11.8. The SMILES string of the molecule is COc1nc(Cl)nc(NCc2ccc(CN)cc2)n1. The molecule has 0 aliphatic rings. The summed E-state index contributed by atoms with van der Waals surface area (Å²) in [6.07, 6.45) is 0.